The molecule has 0 aliphatic carbocycles. The van der Waals surface area contributed by atoms with E-state index >= 15 is 0 Å². The highest BCUT2D eigenvalue weighted by molar-refractivity contribution is 6.34. The minimum atomic E-state index is 0.0241. The summed E-state index contributed by atoms with van der Waals surface area (Å²) < 4.78 is 11.3. The molecule has 1 fully saturated rings. The molecule has 0 spiro atoms. The van der Waals surface area contributed by atoms with Crippen LogP contribution in [0.25, 0.3) is 22.4 Å². The van der Waals surface area contributed by atoms with Crippen molar-refractivity contribution < 1.29 is 13.9 Å². The molecule has 1 saturated heterocycles. The molecule has 4 rings (SSSR count). The van der Waals surface area contributed by atoms with Gasteiger partial charge in [0.25, 0.3) is 5.91 Å². The first-order valence-electron chi connectivity index (χ1n) is 8.17. The largest absolute Gasteiger partial charge is 0.453 e. The lowest BCUT2D eigenvalue weighted by molar-refractivity contribution is -0.0124. The maximum atomic E-state index is 12.6. The number of carbonyl (C=O) groups is 1. The summed E-state index contributed by atoms with van der Waals surface area (Å²) >= 11 is 6.13. The molecule has 0 radical (unpaired) electrons. The highest BCUT2D eigenvalue weighted by Gasteiger charge is 2.22. The molecular formula is C19H17ClN2O3. The number of amides is 1. The van der Waals surface area contributed by atoms with E-state index in [4.69, 9.17) is 20.8 Å². The first-order valence-corrected chi connectivity index (χ1v) is 8.55. The van der Waals surface area contributed by atoms with E-state index in [1.807, 2.05) is 42.2 Å². The zero-order valence-electron chi connectivity index (χ0n) is 13.7. The van der Waals surface area contributed by atoms with Gasteiger partial charge in [0, 0.05) is 36.5 Å². The lowest BCUT2D eigenvalue weighted by Gasteiger charge is -2.31. The van der Waals surface area contributed by atoms with Crippen LogP contribution >= 0.6 is 11.6 Å². The van der Waals surface area contributed by atoms with E-state index in [1.54, 1.807) is 12.3 Å². The number of carbonyl (C=O) groups excluding carboxylic acids is 1. The molecule has 2 aromatic heterocycles. The van der Waals surface area contributed by atoms with Crippen LogP contribution < -0.4 is 0 Å². The fourth-order valence-corrected chi connectivity index (χ4v) is 3.20. The molecule has 5 nitrogen and oxygen atoms in total. The van der Waals surface area contributed by atoms with Crippen LogP contribution in [0.15, 0.2) is 47.0 Å². The van der Waals surface area contributed by atoms with Gasteiger partial charge in [-0.2, -0.15) is 0 Å². The molecule has 25 heavy (non-hydrogen) atoms. The Hall–Kier alpha value is -2.37. The van der Waals surface area contributed by atoms with E-state index in [2.05, 4.69) is 4.98 Å². The lowest BCUT2D eigenvalue weighted by atomic mass is 10.1. The second-order valence-corrected chi connectivity index (χ2v) is 6.53. The van der Waals surface area contributed by atoms with Crippen LogP contribution in [-0.2, 0) is 4.74 Å². The van der Waals surface area contributed by atoms with Gasteiger partial charge in [-0.3, -0.25) is 9.78 Å². The van der Waals surface area contributed by atoms with E-state index < -0.39 is 0 Å². The first kappa shape index (κ1) is 16.1. The molecule has 1 amide bonds. The van der Waals surface area contributed by atoms with Crippen LogP contribution in [0.4, 0.5) is 0 Å². The van der Waals surface area contributed by atoms with E-state index in [0.29, 0.717) is 47.1 Å². The number of aromatic nitrogens is 1. The first-order chi connectivity index (χ1) is 12.1. The minimum Gasteiger partial charge on any atom is -0.453 e. The van der Waals surface area contributed by atoms with Crippen LogP contribution in [0.3, 0.4) is 0 Å². The number of furan rings is 1. The zero-order chi connectivity index (χ0) is 17.4. The van der Waals surface area contributed by atoms with Crippen LogP contribution in [0.2, 0.25) is 5.02 Å². The normalized spacial score (nSPS) is 17.8. The Morgan fingerprint density at radius 1 is 1.28 bits per heavy atom. The maximum Gasteiger partial charge on any atom is 0.254 e. The van der Waals surface area contributed by atoms with Crippen molar-refractivity contribution in [2.24, 2.45) is 0 Å². The monoisotopic (exact) mass is 356 g/mol. The number of nitrogens with zero attached hydrogens (tertiary/aromatic N) is 2. The molecule has 0 unspecified atom stereocenters. The average Bonchev–Trinajstić information content (AvgIpc) is 3.07. The molecule has 0 bridgehead atoms. The third-order valence-electron chi connectivity index (χ3n) is 4.31. The number of halogens is 1. The second kappa shape index (κ2) is 6.50. The molecule has 1 aromatic carbocycles. The zero-order valence-corrected chi connectivity index (χ0v) is 14.5. The summed E-state index contributed by atoms with van der Waals surface area (Å²) in [5.74, 6) is 0.700. The lowest BCUT2D eigenvalue weighted by Crippen LogP contribution is -2.44. The summed E-state index contributed by atoms with van der Waals surface area (Å²) in [4.78, 5) is 18.7. The van der Waals surface area contributed by atoms with E-state index in [1.165, 1.54) is 0 Å². The smallest absolute Gasteiger partial charge is 0.254 e. The number of pyridine rings is 1. The van der Waals surface area contributed by atoms with Gasteiger partial charge in [-0.15, -0.1) is 0 Å². The Morgan fingerprint density at radius 3 is 2.80 bits per heavy atom. The van der Waals surface area contributed by atoms with Gasteiger partial charge in [-0.1, -0.05) is 23.7 Å². The summed E-state index contributed by atoms with van der Waals surface area (Å²) in [6.07, 6.45) is 1.72. The van der Waals surface area contributed by atoms with Gasteiger partial charge in [0.1, 0.15) is 11.3 Å². The van der Waals surface area contributed by atoms with Crippen molar-refractivity contribution in [2.45, 2.75) is 13.0 Å². The molecule has 0 saturated carbocycles. The number of hydrogen-bond donors (Lipinski definition) is 0. The van der Waals surface area contributed by atoms with Crippen molar-refractivity contribution in [2.75, 3.05) is 19.7 Å². The fourth-order valence-electron chi connectivity index (χ4n) is 3.01. The number of ether oxygens (including phenoxy) is 1. The Morgan fingerprint density at radius 2 is 2.08 bits per heavy atom. The van der Waals surface area contributed by atoms with Crippen molar-refractivity contribution >= 4 is 28.6 Å². The molecule has 128 valence electrons. The Balaban J connectivity index is 1.58. The van der Waals surface area contributed by atoms with Gasteiger partial charge in [-0.25, -0.2) is 0 Å². The summed E-state index contributed by atoms with van der Waals surface area (Å²) in [6.45, 7) is 3.80. The third kappa shape index (κ3) is 3.13. The Kier molecular flexibility index (Phi) is 4.19. The highest BCUT2D eigenvalue weighted by atomic mass is 35.5. The van der Waals surface area contributed by atoms with Crippen molar-refractivity contribution in [1.29, 1.82) is 0 Å². The predicted molar refractivity (Wildman–Crippen MR) is 95.8 cm³/mol. The van der Waals surface area contributed by atoms with Gasteiger partial charge < -0.3 is 14.1 Å². The SMILES string of the molecule is C[C@H]1CN(C(=O)c2ccc(-c3cc4nccc(Cl)c4o3)cc2)CCO1. The number of rotatable bonds is 2. The third-order valence-corrected chi connectivity index (χ3v) is 4.61. The molecule has 6 heteroatoms. The quantitative estimate of drug-likeness (QED) is 0.696. The number of morpholine rings is 1. The molecule has 3 aromatic rings. The van der Waals surface area contributed by atoms with E-state index in [0.717, 1.165) is 5.56 Å². The van der Waals surface area contributed by atoms with Crippen LogP contribution in [0, 0.1) is 0 Å². The maximum absolute atomic E-state index is 12.6. The topological polar surface area (TPSA) is 55.6 Å². The molecule has 1 atom stereocenters. The highest BCUT2D eigenvalue weighted by Crippen LogP contribution is 2.30. The number of benzene rings is 1. The van der Waals surface area contributed by atoms with E-state index in [9.17, 15) is 4.79 Å². The number of fused-ring (bicyclic) bond motifs is 1. The summed E-state index contributed by atoms with van der Waals surface area (Å²) in [6, 6.07) is 10.9. The van der Waals surface area contributed by atoms with Crippen molar-refractivity contribution in [3.8, 4) is 11.3 Å². The van der Waals surface area contributed by atoms with Crippen molar-refractivity contribution in [1.82, 2.24) is 9.88 Å². The van der Waals surface area contributed by atoms with Gasteiger partial charge in [-0.05, 0) is 25.1 Å². The molecule has 1 aliphatic heterocycles. The van der Waals surface area contributed by atoms with Crippen LogP contribution in [0.5, 0.6) is 0 Å². The molecular weight excluding hydrogens is 340 g/mol. The average molecular weight is 357 g/mol. The van der Waals surface area contributed by atoms with Crippen LogP contribution in [-0.4, -0.2) is 41.6 Å². The molecule has 0 N–H and O–H groups in total. The molecule has 3 heterocycles. The minimum absolute atomic E-state index is 0.0241. The van der Waals surface area contributed by atoms with Crippen molar-refractivity contribution in [3.05, 3.63) is 53.2 Å². The van der Waals surface area contributed by atoms with E-state index in [-0.39, 0.29) is 12.0 Å². The Labute approximate surface area is 150 Å². The standard InChI is InChI=1S/C19H17ClN2O3/c1-12-11-22(8-9-24-12)19(23)14-4-2-13(3-5-14)17-10-16-18(25-17)15(20)6-7-21-16/h2-7,10,12H,8-9,11H2,1H3/t12-/m0/s1. The number of hydrogen-bond acceptors (Lipinski definition) is 4. The summed E-state index contributed by atoms with van der Waals surface area (Å²) in [5, 5.41) is 0.532. The summed E-state index contributed by atoms with van der Waals surface area (Å²) in [5.41, 5.74) is 2.82. The predicted octanol–water partition coefficient (Wildman–Crippen LogP) is 4.01. The van der Waals surface area contributed by atoms with Crippen molar-refractivity contribution in [3.63, 3.8) is 0 Å². The second-order valence-electron chi connectivity index (χ2n) is 6.13. The van der Waals surface area contributed by atoms with Crippen LogP contribution in [0.1, 0.15) is 17.3 Å². The van der Waals surface area contributed by atoms with Gasteiger partial charge in [0.2, 0.25) is 0 Å². The molecule has 1 aliphatic rings. The van der Waals surface area contributed by atoms with Gasteiger partial charge >= 0.3 is 0 Å². The Bertz CT molecular complexity index is 920. The summed E-state index contributed by atoms with van der Waals surface area (Å²) in [7, 11) is 0. The van der Waals surface area contributed by atoms with Gasteiger partial charge in [0.05, 0.1) is 17.7 Å². The fraction of sp³-hybridized carbons (Fsp3) is 0.263. The van der Waals surface area contributed by atoms with Gasteiger partial charge in [0.15, 0.2) is 5.58 Å².